The van der Waals surface area contributed by atoms with E-state index in [1.54, 1.807) is 0 Å². The lowest BCUT2D eigenvalue weighted by Crippen LogP contribution is -2.41. The van der Waals surface area contributed by atoms with Crippen molar-refractivity contribution in [3.63, 3.8) is 0 Å². The lowest BCUT2D eigenvalue weighted by atomic mass is 9.81. The van der Waals surface area contributed by atoms with E-state index in [1.807, 2.05) is 19.2 Å². The van der Waals surface area contributed by atoms with Crippen LogP contribution in [0.25, 0.3) is 22.2 Å². The summed E-state index contributed by atoms with van der Waals surface area (Å²) in [6.45, 7) is 3.26. The van der Waals surface area contributed by atoms with Gasteiger partial charge < -0.3 is 14.4 Å². The van der Waals surface area contributed by atoms with E-state index in [9.17, 15) is 13.2 Å². The first-order chi connectivity index (χ1) is 18.8. The van der Waals surface area contributed by atoms with Crippen molar-refractivity contribution in [3.8, 4) is 11.3 Å². The highest BCUT2D eigenvalue weighted by molar-refractivity contribution is 7.90. The van der Waals surface area contributed by atoms with Gasteiger partial charge in [0.25, 0.3) is 5.91 Å². The number of nitrogens with zero attached hydrogens (tertiary/aromatic N) is 3. The van der Waals surface area contributed by atoms with Crippen LogP contribution in [0.5, 0.6) is 0 Å². The fourth-order valence-electron chi connectivity index (χ4n) is 6.95. The zero-order valence-electron chi connectivity index (χ0n) is 23.2. The average molecular weight is 549 g/mol. The summed E-state index contributed by atoms with van der Waals surface area (Å²) in [6.07, 6.45) is 7.61. The number of sulfonamides is 1. The predicted molar refractivity (Wildman–Crippen MR) is 157 cm³/mol. The Kier molecular flexibility index (Phi) is 7.29. The van der Waals surface area contributed by atoms with E-state index in [-0.39, 0.29) is 5.75 Å². The molecule has 1 atom stereocenters. The van der Waals surface area contributed by atoms with Crippen molar-refractivity contribution in [2.24, 2.45) is 0 Å². The Hall–Kier alpha value is -2.68. The van der Waals surface area contributed by atoms with Crippen LogP contribution in [-0.2, 0) is 23.0 Å². The molecule has 3 aromatic rings. The Balaban J connectivity index is 1.57. The maximum atomic E-state index is 13.2. The molecular weight excluding hydrogens is 508 g/mol. The third kappa shape index (κ3) is 5.26. The van der Waals surface area contributed by atoms with Crippen LogP contribution in [0, 0.1) is 0 Å². The third-order valence-corrected chi connectivity index (χ3v) is 10.5. The minimum absolute atomic E-state index is 0.0640. The first-order valence-electron chi connectivity index (χ1n) is 14.5. The molecule has 1 unspecified atom stereocenters. The number of hydrogen-bond acceptors (Lipinski definition) is 5. The lowest BCUT2D eigenvalue weighted by Gasteiger charge is -2.30. The van der Waals surface area contributed by atoms with Crippen molar-refractivity contribution >= 4 is 26.8 Å². The highest BCUT2D eigenvalue weighted by Crippen LogP contribution is 2.46. The molecule has 1 saturated carbocycles. The van der Waals surface area contributed by atoms with Crippen LogP contribution in [0.3, 0.4) is 0 Å². The van der Waals surface area contributed by atoms with Crippen LogP contribution in [0.4, 0.5) is 0 Å². The summed E-state index contributed by atoms with van der Waals surface area (Å²) < 4.78 is 30.3. The van der Waals surface area contributed by atoms with Crippen LogP contribution >= 0.6 is 0 Å². The maximum absolute atomic E-state index is 13.2. The van der Waals surface area contributed by atoms with Gasteiger partial charge in [-0.3, -0.25) is 4.79 Å². The summed E-state index contributed by atoms with van der Waals surface area (Å²) in [6, 6.07) is 15.0. The molecule has 1 aromatic heterocycles. The third-order valence-electron chi connectivity index (χ3n) is 9.16. The fraction of sp³-hybridized carbons (Fsp3) is 0.516. The Morgan fingerprint density at radius 2 is 1.72 bits per heavy atom. The summed E-state index contributed by atoms with van der Waals surface area (Å²) in [5.41, 5.74) is 6.82. The number of likely N-dealkylation sites (N-methyl/N-ethyl adjacent to an activating group) is 2. The Morgan fingerprint density at radius 1 is 0.923 bits per heavy atom. The Bertz CT molecular complexity index is 1490. The zero-order chi connectivity index (χ0) is 27.1. The number of aromatic nitrogens is 1. The molecule has 39 heavy (non-hydrogen) atoms. The molecule has 0 radical (unpaired) electrons. The molecule has 0 spiro atoms. The van der Waals surface area contributed by atoms with Gasteiger partial charge in [0.15, 0.2) is 0 Å². The van der Waals surface area contributed by atoms with Gasteiger partial charge in [0.05, 0.1) is 11.4 Å². The minimum Gasteiger partial charge on any atom is -0.339 e. The van der Waals surface area contributed by atoms with Crippen LogP contribution < -0.4 is 4.72 Å². The number of carbonyl (C=O) groups is 1. The number of amides is 1. The molecule has 4 bridgehead atoms. The van der Waals surface area contributed by atoms with Gasteiger partial charge in [0.1, 0.15) is 0 Å². The number of carbonyl (C=O) groups excluding carboxylic acids is 1. The largest absolute Gasteiger partial charge is 0.339 e. The molecule has 7 nitrogen and oxygen atoms in total. The molecule has 1 amide bonds. The van der Waals surface area contributed by atoms with Crippen molar-refractivity contribution in [1.29, 1.82) is 0 Å². The van der Waals surface area contributed by atoms with Gasteiger partial charge in [0, 0.05) is 47.7 Å². The molecule has 2 aromatic carbocycles. The molecule has 8 heteroatoms. The lowest BCUT2D eigenvalue weighted by molar-refractivity contribution is 0.0981. The van der Waals surface area contributed by atoms with Crippen LogP contribution in [-0.4, -0.2) is 74.2 Å². The minimum atomic E-state index is -3.71. The smallest absolute Gasteiger partial charge is 0.264 e. The number of rotatable bonds is 1. The summed E-state index contributed by atoms with van der Waals surface area (Å²) in [5, 5.41) is 1.20. The summed E-state index contributed by atoms with van der Waals surface area (Å²) in [4.78, 5) is 17.9. The van der Waals surface area contributed by atoms with Crippen molar-refractivity contribution in [1.82, 2.24) is 19.1 Å². The topological polar surface area (TPSA) is 74.6 Å². The van der Waals surface area contributed by atoms with Gasteiger partial charge in [-0.25, -0.2) is 13.1 Å². The molecule has 0 saturated heterocycles. The van der Waals surface area contributed by atoms with E-state index in [0.29, 0.717) is 30.5 Å². The summed E-state index contributed by atoms with van der Waals surface area (Å²) >= 11 is 0. The SMILES string of the molecule is CN1CCCS(=O)(=O)NC(=O)c2ccc3c(C4CCCCC4)c4n(c3c2)CC(Cc2ccccc2-4)N(C)CC1. The Morgan fingerprint density at radius 3 is 2.54 bits per heavy atom. The maximum Gasteiger partial charge on any atom is 0.264 e. The van der Waals surface area contributed by atoms with Crippen LogP contribution in [0.2, 0.25) is 0 Å². The van der Waals surface area contributed by atoms with Crippen molar-refractivity contribution in [2.45, 2.75) is 63.5 Å². The highest BCUT2D eigenvalue weighted by atomic mass is 32.2. The molecule has 208 valence electrons. The molecule has 2 aliphatic heterocycles. The highest BCUT2D eigenvalue weighted by Gasteiger charge is 2.32. The van der Waals surface area contributed by atoms with E-state index in [2.05, 4.69) is 56.5 Å². The van der Waals surface area contributed by atoms with Gasteiger partial charge >= 0.3 is 0 Å². The first kappa shape index (κ1) is 26.5. The van der Waals surface area contributed by atoms with E-state index >= 15 is 0 Å². The second-order valence-electron chi connectivity index (χ2n) is 11.8. The quantitative estimate of drug-likeness (QED) is 0.481. The van der Waals surface area contributed by atoms with E-state index in [1.165, 1.54) is 59.9 Å². The van der Waals surface area contributed by atoms with Gasteiger partial charge in [-0.05, 0) is 75.5 Å². The van der Waals surface area contributed by atoms with Crippen molar-refractivity contribution < 1.29 is 13.2 Å². The van der Waals surface area contributed by atoms with Crippen molar-refractivity contribution in [2.75, 3.05) is 39.5 Å². The van der Waals surface area contributed by atoms with E-state index in [0.717, 1.165) is 31.6 Å². The number of benzene rings is 2. The monoisotopic (exact) mass is 548 g/mol. The number of hydrogen-bond donors (Lipinski definition) is 1. The summed E-state index contributed by atoms with van der Waals surface area (Å²) in [5.74, 6) is -0.122. The molecule has 1 N–H and O–H groups in total. The normalized spacial score (nSPS) is 23.5. The van der Waals surface area contributed by atoms with Crippen LogP contribution in [0.15, 0.2) is 42.5 Å². The average Bonchev–Trinajstić information content (AvgIpc) is 3.13. The number of nitrogens with one attached hydrogen (secondary N) is 1. The standard InChI is InChI=1S/C31H40N4O3S/c1-33-15-8-18-39(37,38)32-31(36)24-13-14-27-28(20-24)35-21-25(34(2)17-16-33)19-23-11-6-7-12-26(23)30(35)29(27)22-9-4-3-5-10-22/h6-7,11-14,20,22,25H,3-5,8-10,15-19,21H2,1-2H3,(H,32,36). The number of fused-ring (bicyclic) bond motifs is 4. The Labute approximate surface area is 232 Å². The summed E-state index contributed by atoms with van der Waals surface area (Å²) in [7, 11) is 0.543. The van der Waals surface area contributed by atoms with Gasteiger partial charge in [0.2, 0.25) is 10.0 Å². The molecule has 6 rings (SSSR count). The predicted octanol–water partition coefficient (Wildman–Crippen LogP) is 4.61. The molecule has 3 aliphatic rings. The van der Waals surface area contributed by atoms with Gasteiger partial charge in [-0.2, -0.15) is 0 Å². The van der Waals surface area contributed by atoms with Gasteiger partial charge in [-0.1, -0.05) is 49.6 Å². The first-order valence-corrected chi connectivity index (χ1v) is 16.1. The zero-order valence-corrected chi connectivity index (χ0v) is 24.0. The molecule has 3 heterocycles. The molecule has 1 aliphatic carbocycles. The van der Waals surface area contributed by atoms with E-state index in [4.69, 9.17) is 0 Å². The van der Waals surface area contributed by atoms with E-state index < -0.39 is 15.9 Å². The van der Waals surface area contributed by atoms with Crippen molar-refractivity contribution in [3.05, 3.63) is 59.2 Å². The second kappa shape index (κ2) is 10.7. The fourth-order valence-corrected chi connectivity index (χ4v) is 7.97. The molecule has 1 fully saturated rings. The molecular formula is C31H40N4O3S. The van der Waals surface area contributed by atoms with Crippen LogP contribution in [0.1, 0.15) is 65.9 Å². The van der Waals surface area contributed by atoms with Gasteiger partial charge in [-0.15, -0.1) is 0 Å². The second-order valence-corrected chi connectivity index (χ2v) is 13.7.